The minimum Gasteiger partial charge on any atom is -0.475 e. The molecule has 4 aromatic carbocycles. The summed E-state index contributed by atoms with van der Waals surface area (Å²) in [7, 11) is -0.148. The summed E-state index contributed by atoms with van der Waals surface area (Å²) in [4.78, 5) is 40.8. The molecule has 0 spiro atoms. The number of aryl methyl sites for hydroxylation is 4. The maximum atomic E-state index is 14.9. The van der Waals surface area contributed by atoms with Crippen molar-refractivity contribution < 1.29 is 27.5 Å². The number of aromatic nitrogens is 6. The Hall–Kier alpha value is -7.93. The smallest absolute Gasteiger partial charge is 0.243 e. The number of benzene rings is 4. The van der Waals surface area contributed by atoms with Gasteiger partial charge >= 0.3 is 0 Å². The van der Waals surface area contributed by atoms with Crippen molar-refractivity contribution in [3.8, 4) is 34.3 Å². The molecule has 466 valence electrons. The molecular weight excluding hydrogens is 1120 g/mol. The molecule has 10 rings (SSSR count). The van der Waals surface area contributed by atoms with Gasteiger partial charge in [-0.25, -0.2) is 8.42 Å². The Kier molecular flexibility index (Phi) is 21.2. The van der Waals surface area contributed by atoms with Crippen LogP contribution in [0.4, 0.5) is 5.69 Å². The Morgan fingerprint density at radius 2 is 1.01 bits per heavy atom. The molecular formula is C70H89N11O6S. The lowest BCUT2D eigenvalue weighted by Crippen LogP contribution is -2.42. The summed E-state index contributed by atoms with van der Waals surface area (Å²) in [5, 5.41) is 20.7. The molecule has 2 saturated heterocycles. The van der Waals surface area contributed by atoms with Gasteiger partial charge in [-0.1, -0.05) is 58.7 Å². The molecule has 18 heteroatoms. The van der Waals surface area contributed by atoms with E-state index in [-0.39, 0.29) is 36.4 Å². The summed E-state index contributed by atoms with van der Waals surface area (Å²) in [6.07, 6.45) is 13.9. The van der Waals surface area contributed by atoms with Crippen molar-refractivity contribution in [1.29, 1.82) is 0 Å². The van der Waals surface area contributed by atoms with Crippen LogP contribution >= 0.6 is 0 Å². The Morgan fingerprint density at radius 3 is 1.49 bits per heavy atom. The van der Waals surface area contributed by atoms with E-state index in [0.717, 1.165) is 139 Å². The molecule has 0 bridgehead atoms. The highest BCUT2D eigenvalue weighted by molar-refractivity contribution is 7.89. The predicted octanol–water partition coefficient (Wildman–Crippen LogP) is 11.3. The van der Waals surface area contributed by atoms with E-state index in [1.165, 1.54) is 16.7 Å². The zero-order valence-electron chi connectivity index (χ0n) is 53.2. The highest BCUT2D eigenvalue weighted by Gasteiger charge is 2.37. The third-order valence-corrected chi connectivity index (χ3v) is 18.6. The van der Waals surface area contributed by atoms with Crippen LogP contribution in [0.5, 0.6) is 11.8 Å². The van der Waals surface area contributed by atoms with Crippen molar-refractivity contribution >= 4 is 38.3 Å². The van der Waals surface area contributed by atoms with Crippen LogP contribution in [0.3, 0.4) is 0 Å². The highest BCUT2D eigenvalue weighted by atomic mass is 32.2. The van der Waals surface area contributed by atoms with Gasteiger partial charge in [0.15, 0.2) is 0 Å². The number of fused-ring (bicyclic) bond motifs is 1. The van der Waals surface area contributed by atoms with Gasteiger partial charge in [-0.2, -0.15) is 4.31 Å². The van der Waals surface area contributed by atoms with Crippen molar-refractivity contribution in [2.24, 2.45) is 10.8 Å². The molecule has 88 heavy (non-hydrogen) atoms. The number of H-pyrrole nitrogens is 2. The Morgan fingerprint density at radius 1 is 0.580 bits per heavy atom. The second-order valence-corrected chi connectivity index (χ2v) is 27.2. The van der Waals surface area contributed by atoms with Crippen LogP contribution in [0.25, 0.3) is 33.3 Å². The maximum Gasteiger partial charge on any atom is 0.243 e. The summed E-state index contributed by atoms with van der Waals surface area (Å²) in [6, 6.07) is 32.0. The summed E-state index contributed by atoms with van der Waals surface area (Å²) in [5.41, 5.74) is 12.0. The minimum atomic E-state index is -4.00. The summed E-state index contributed by atoms with van der Waals surface area (Å²) in [6.45, 7) is 21.8. The standard InChI is InChI=1S/C41H50N6O4S.C29H39N5O2/c1-29-25-30(2)27-33(26-29)38-34(39(44-43-38)51-28-41(3,4)40(48)46-21-7-8-22-46)18-24-47(23-17-31-15-19-42-20-16-31)52(49,50)36-14-10-12-32-11-9-13-35(37(32)36)45(5)6;1-21-17-22(2)19-24(18-21)26-25(10-14-31-13-9-23-7-11-30-12-8-23)27(33-32-26)36-20-29(3,4)28(35)34-15-5-6-16-34/h9-16,19-20,25-27H,7-8,17-18,21-24,28H2,1-6H3,(H,43,44);7-8,11-12,17-19,31H,5-6,9-10,13-16,20H2,1-4H3,(H,32,33). The predicted molar refractivity (Wildman–Crippen MR) is 350 cm³/mol. The minimum absolute atomic E-state index is 0.0668. The fourth-order valence-electron chi connectivity index (χ4n) is 12.0. The quantitative estimate of drug-likeness (QED) is 0.0459. The Bertz CT molecular complexity index is 3710. The highest BCUT2D eigenvalue weighted by Crippen LogP contribution is 2.37. The summed E-state index contributed by atoms with van der Waals surface area (Å²) in [5.74, 6) is 1.19. The second-order valence-electron chi connectivity index (χ2n) is 25.3. The van der Waals surface area contributed by atoms with Gasteiger partial charge < -0.3 is 29.5 Å². The van der Waals surface area contributed by atoms with Crippen LogP contribution in [0, 0.1) is 38.5 Å². The van der Waals surface area contributed by atoms with E-state index in [0.29, 0.717) is 36.6 Å². The van der Waals surface area contributed by atoms with Crippen molar-refractivity contribution in [2.75, 3.05) is 84.6 Å². The third kappa shape index (κ3) is 16.0. The van der Waals surface area contributed by atoms with E-state index in [4.69, 9.17) is 9.47 Å². The van der Waals surface area contributed by atoms with Gasteiger partial charge in [-0.05, 0) is 197 Å². The molecule has 0 radical (unpaired) electrons. The average Bonchev–Trinajstić information content (AvgIpc) is 1.15. The molecule has 0 aliphatic carbocycles. The zero-order chi connectivity index (χ0) is 62.6. The van der Waals surface area contributed by atoms with Crippen LogP contribution in [-0.4, -0.2) is 144 Å². The molecule has 8 aromatic rings. The van der Waals surface area contributed by atoms with Crippen molar-refractivity contribution in [3.63, 3.8) is 0 Å². The lowest BCUT2D eigenvalue weighted by molar-refractivity contribution is -0.141. The number of nitrogens with zero attached hydrogens (tertiary/aromatic N) is 8. The SMILES string of the molecule is Cc1cc(C)cc(-c2[nH]nc(OCC(C)(C)C(=O)N3CCCC3)c2CCN(CCc2ccncc2)S(=O)(=O)c2cccc3cccc(N(C)C)c23)c1.Cc1cc(C)cc(-c2[nH]nc(OCC(C)(C)C(=O)N3CCCC3)c2CCNCCc2ccncc2)c1. The number of anilines is 1. The number of ether oxygens (including phenoxy) is 2. The first-order chi connectivity index (χ1) is 42.2. The van der Waals surface area contributed by atoms with Gasteiger partial charge in [0.05, 0.1) is 27.1 Å². The number of rotatable bonds is 25. The zero-order valence-corrected chi connectivity index (χ0v) is 54.0. The van der Waals surface area contributed by atoms with E-state index >= 15 is 0 Å². The molecule has 4 aromatic heterocycles. The Balaban J connectivity index is 0.000000224. The number of sulfonamides is 1. The maximum absolute atomic E-state index is 14.9. The van der Waals surface area contributed by atoms with E-state index in [1.807, 2.05) is 117 Å². The lowest BCUT2D eigenvalue weighted by Gasteiger charge is -2.28. The fourth-order valence-corrected chi connectivity index (χ4v) is 13.6. The third-order valence-electron chi connectivity index (χ3n) is 16.6. The summed E-state index contributed by atoms with van der Waals surface area (Å²) >= 11 is 0. The normalized spacial score (nSPS) is 13.7. The van der Waals surface area contributed by atoms with E-state index < -0.39 is 20.9 Å². The van der Waals surface area contributed by atoms with Crippen molar-refractivity contribution in [3.05, 3.63) is 166 Å². The van der Waals surface area contributed by atoms with Crippen molar-refractivity contribution in [2.45, 2.75) is 112 Å². The van der Waals surface area contributed by atoms with Crippen LogP contribution in [0.1, 0.15) is 97.9 Å². The molecule has 2 aliphatic rings. The molecule has 6 heterocycles. The average molecular weight is 1210 g/mol. The van der Waals surface area contributed by atoms with Gasteiger partial charge in [-0.15, -0.1) is 10.2 Å². The first-order valence-electron chi connectivity index (χ1n) is 31.0. The number of pyridine rings is 2. The molecule has 3 N–H and O–H groups in total. The topological polar surface area (TPSA) is 195 Å². The van der Waals surface area contributed by atoms with Gasteiger partial charge in [0.25, 0.3) is 0 Å². The van der Waals surface area contributed by atoms with Crippen molar-refractivity contribution in [1.82, 2.24) is 49.8 Å². The monoisotopic (exact) mass is 1210 g/mol. The van der Waals surface area contributed by atoms with E-state index in [1.54, 1.807) is 28.8 Å². The van der Waals surface area contributed by atoms with Gasteiger partial charge in [0.2, 0.25) is 33.6 Å². The fraction of sp³-hybridized carbons (Fsp3) is 0.429. The number of hydrogen-bond donors (Lipinski definition) is 3. The molecule has 2 aliphatic heterocycles. The van der Waals surface area contributed by atoms with Crippen LogP contribution < -0.4 is 19.7 Å². The number of hydrogen-bond acceptors (Lipinski definition) is 12. The molecule has 0 saturated carbocycles. The molecule has 0 unspecified atom stereocenters. The number of carbonyl (C=O) groups excluding carboxylic acids is 2. The van der Waals surface area contributed by atoms with Crippen LogP contribution in [-0.2, 0) is 45.3 Å². The largest absolute Gasteiger partial charge is 0.475 e. The molecule has 17 nitrogen and oxygen atoms in total. The van der Waals surface area contributed by atoms with E-state index in [2.05, 4.69) is 99.8 Å². The van der Waals surface area contributed by atoms with Gasteiger partial charge in [0.1, 0.15) is 13.2 Å². The number of aromatic amines is 2. The molecule has 0 atom stereocenters. The van der Waals surface area contributed by atoms with Crippen LogP contribution in [0.15, 0.2) is 127 Å². The lowest BCUT2D eigenvalue weighted by atomic mass is 9.93. The van der Waals surface area contributed by atoms with E-state index in [9.17, 15) is 18.0 Å². The number of likely N-dealkylation sites (tertiary alicyclic amines) is 2. The second kappa shape index (κ2) is 28.9. The van der Waals surface area contributed by atoms with Crippen LogP contribution in [0.2, 0.25) is 0 Å². The number of amides is 2. The summed E-state index contributed by atoms with van der Waals surface area (Å²) < 4.78 is 44.0. The number of nitrogens with one attached hydrogen (secondary N) is 3. The molecule has 2 fully saturated rings. The van der Waals surface area contributed by atoms with Gasteiger partial charge in [-0.3, -0.25) is 29.8 Å². The first kappa shape index (κ1) is 64.5. The molecule has 2 amide bonds. The number of carbonyl (C=O) groups is 2. The first-order valence-corrected chi connectivity index (χ1v) is 32.5. The Labute approximate surface area is 520 Å². The van der Waals surface area contributed by atoms with Gasteiger partial charge in [0, 0.05) is 111 Å².